The molecule has 1 aromatic heterocycles. The van der Waals surface area contributed by atoms with Gasteiger partial charge in [0.15, 0.2) is 0 Å². The van der Waals surface area contributed by atoms with Crippen LogP contribution in [0.5, 0.6) is 0 Å². The lowest BCUT2D eigenvalue weighted by molar-refractivity contribution is 0.0600. The number of aromatic nitrogens is 1. The minimum Gasteiger partial charge on any atom is -0.465 e. The van der Waals surface area contributed by atoms with Gasteiger partial charge >= 0.3 is 5.97 Å². The number of esters is 1. The van der Waals surface area contributed by atoms with Crippen molar-refractivity contribution in [1.82, 2.24) is 4.98 Å². The van der Waals surface area contributed by atoms with Gasteiger partial charge in [0.05, 0.1) is 12.7 Å². The summed E-state index contributed by atoms with van der Waals surface area (Å²) in [5.74, 6) is 0.305. The third-order valence-corrected chi connectivity index (χ3v) is 3.42. The summed E-state index contributed by atoms with van der Waals surface area (Å²) in [6, 6.07) is 3.30. The molecule has 18 heavy (non-hydrogen) atoms. The number of nitrogens with zero attached hydrogens (tertiary/aromatic N) is 1. The van der Waals surface area contributed by atoms with Crippen molar-refractivity contribution in [3.05, 3.63) is 23.9 Å². The summed E-state index contributed by atoms with van der Waals surface area (Å²) >= 11 is 0. The fourth-order valence-electron chi connectivity index (χ4n) is 1.98. The maximum atomic E-state index is 11.4. The summed E-state index contributed by atoms with van der Waals surface area (Å²) in [5, 5.41) is 12.2. The molecule has 5 nitrogen and oxygen atoms in total. The number of hydrogen-bond donors (Lipinski definition) is 2. The van der Waals surface area contributed by atoms with Gasteiger partial charge in [0, 0.05) is 19.3 Å². The topological polar surface area (TPSA) is 71.5 Å². The number of anilines is 1. The predicted molar refractivity (Wildman–Crippen MR) is 67.4 cm³/mol. The third kappa shape index (κ3) is 2.98. The Kier molecular flexibility index (Phi) is 3.81. The van der Waals surface area contributed by atoms with Gasteiger partial charge in [0.2, 0.25) is 0 Å². The summed E-state index contributed by atoms with van der Waals surface area (Å²) in [6.07, 6.45) is 4.67. The minimum absolute atomic E-state index is 0.220. The van der Waals surface area contributed by atoms with E-state index < -0.39 is 0 Å². The summed E-state index contributed by atoms with van der Waals surface area (Å²) in [4.78, 5) is 15.5. The number of carbonyl (C=O) groups is 1. The molecule has 1 aliphatic rings. The normalized spacial score (nSPS) is 16.1. The monoisotopic (exact) mass is 250 g/mol. The Morgan fingerprint density at radius 1 is 1.61 bits per heavy atom. The molecule has 1 fully saturated rings. The van der Waals surface area contributed by atoms with Crippen LogP contribution < -0.4 is 5.32 Å². The van der Waals surface area contributed by atoms with Crippen molar-refractivity contribution < 1.29 is 14.6 Å². The number of aliphatic hydroxyl groups excluding tert-OH is 1. The molecule has 5 heteroatoms. The van der Waals surface area contributed by atoms with Crippen molar-refractivity contribution in [2.75, 3.05) is 25.6 Å². The van der Waals surface area contributed by atoms with Crippen molar-refractivity contribution in [2.45, 2.75) is 19.3 Å². The number of hydrogen-bond acceptors (Lipinski definition) is 5. The zero-order chi connectivity index (χ0) is 13.0. The molecule has 1 aromatic rings. The Hall–Kier alpha value is -1.62. The summed E-state index contributed by atoms with van der Waals surface area (Å²) < 4.78 is 4.66. The van der Waals surface area contributed by atoms with Crippen LogP contribution in [0.3, 0.4) is 0 Å². The van der Waals surface area contributed by atoms with E-state index in [1.807, 2.05) is 0 Å². The molecule has 0 aliphatic heterocycles. The molecular weight excluding hydrogens is 232 g/mol. The van der Waals surface area contributed by atoms with Gasteiger partial charge in [0.25, 0.3) is 0 Å². The highest BCUT2D eigenvalue weighted by atomic mass is 16.5. The maximum absolute atomic E-state index is 11.4. The first kappa shape index (κ1) is 12.8. The van der Waals surface area contributed by atoms with Gasteiger partial charge in [-0.1, -0.05) is 0 Å². The Morgan fingerprint density at radius 3 is 3.00 bits per heavy atom. The Morgan fingerprint density at radius 2 is 2.39 bits per heavy atom. The van der Waals surface area contributed by atoms with Crippen molar-refractivity contribution in [3.63, 3.8) is 0 Å². The van der Waals surface area contributed by atoms with Gasteiger partial charge in [-0.15, -0.1) is 0 Å². The van der Waals surface area contributed by atoms with E-state index in [1.54, 1.807) is 18.3 Å². The second kappa shape index (κ2) is 5.35. The summed E-state index contributed by atoms with van der Waals surface area (Å²) in [6.45, 7) is 1.00. The van der Waals surface area contributed by atoms with Gasteiger partial charge < -0.3 is 15.2 Å². The molecule has 2 rings (SSSR count). The molecule has 2 N–H and O–H groups in total. The second-order valence-corrected chi connectivity index (χ2v) is 4.75. The number of pyridine rings is 1. The van der Waals surface area contributed by atoms with E-state index in [1.165, 1.54) is 7.11 Å². The van der Waals surface area contributed by atoms with Crippen LogP contribution in [0.15, 0.2) is 18.3 Å². The standard InChI is InChI=1S/C13H18N2O3/c1-18-12(17)10-2-6-14-11(8-10)15-9-13(3-4-13)5-7-16/h2,6,8,16H,3-5,7,9H2,1H3,(H,14,15). The summed E-state index contributed by atoms with van der Waals surface area (Å²) in [5.41, 5.74) is 0.708. The van der Waals surface area contributed by atoms with E-state index in [-0.39, 0.29) is 18.0 Å². The molecule has 0 amide bonds. The van der Waals surface area contributed by atoms with E-state index in [0.29, 0.717) is 11.4 Å². The molecule has 1 saturated carbocycles. The van der Waals surface area contributed by atoms with Crippen molar-refractivity contribution in [1.29, 1.82) is 0 Å². The zero-order valence-electron chi connectivity index (χ0n) is 10.5. The lowest BCUT2D eigenvalue weighted by Crippen LogP contribution is -2.17. The van der Waals surface area contributed by atoms with Crippen LogP contribution in [-0.4, -0.2) is 36.3 Å². The van der Waals surface area contributed by atoms with Crippen LogP contribution in [0.25, 0.3) is 0 Å². The fourth-order valence-corrected chi connectivity index (χ4v) is 1.98. The average Bonchev–Trinajstić information content (AvgIpc) is 3.17. The SMILES string of the molecule is COC(=O)c1ccnc(NCC2(CCO)CC2)c1. The van der Waals surface area contributed by atoms with Gasteiger partial charge in [0.1, 0.15) is 5.82 Å². The highest BCUT2D eigenvalue weighted by Crippen LogP contribution is 2.48. The predicted octanol–water partition coefficient (Wildman–Crippen LogP) is 1.44. The molecule has 0 saturated heterocycles. The number of ether oxygens (including phenoxy) is 1. The van der Waals surface area contributed by atoms with E-state index in [2.05, 4.69) is 15.0 Å². The van der Waals surface area contributed by atoms with Gasteiger partial charge in [-0.2, -0.15) is 0 Å². The number of rotatable bonds is 6. The van der Waals surface area contributed by atoms with Gasteiger partial charge in [-0.05, 0) is 36.8 Å². The average molecular weight is 250 g/mol. The highest BCUT2D eigenvalue weighted by molar-refractivity contribution is 5.89. The van der Waals surface area contributed by atoms with Crippen LogP contribution >= 0.6 is 0 Å². The van der Waals surface area contributed by atoms with E-state index in [9.17, 15) is 4.79 Å². The largest absolute Gasteiger partial charge is 0.465 e. The van der Waals surface area contributed by atoms with Gasteiger partial charge in [-0.3, -0.25) is 0 Å². The molecule has 98 valence electrons. The van der Waals surface area contributed by atoms with Crippen molar-refractivity contribution >= 4 is 11.8 Å². The van der Waals surface area contributed by atoms with Crippen LogP contribution in [-0.2, 0) is 4.74 Å². The molecule has 0 bridgehead atoms. The first-order chi connectivity index (χ1) is 8.69. The van der Waals surface area contributed by atoms with E-state index >= 15 is 0 Å². The Bertz CT molecular complexity index is 430. The molecule has 0 unspecified atom stereocenters. The number of methoxy groups -OCH3 is 1. The Labute approximate surface area is 106 Å². The first-order valence-electron chi connectivity index (χ1n) is 6.08. The molecule has 0 atom stereocenters. The molecule has 0 radical (unpaired) electrons. The van der Waals surface area contributed by atoms with Crippen molar-refractivity contribution in [3.8, 4) is 0 Å². The second-order valence-electron chi connectivity index (χ2n) is 4.75. The number of nitrogens with one attached hydrogen (secondary N) is 1. The first-order valence-corrected chi connectivity index (χ1v) is 6.08. The van der Waals surface area contributed by atoms with Crippen LogP contribution in [0.1, 0.15) is 29.6 Å². The lowest BCUT2D eigenvalue weighted by atomic mass is 10.0. The highest BCUT2D eigenvalue weighted by Gasteiger charge is 2.41. The van der Waals surface area contributed by atoms with Gasteiger partial charge in [-0.25, -0.2) is 9.78 Å². The maximum Gasteiger partial charge on any atom is 0.338 e. The molecule has 1 aliphatic carbocycles. The Balaban J connectivity index is 1.95. The number of aliphatic hydroxyl groups is 1. The third-order valence-electron chi connectivity index (χ3n) is 3.42. The zero-order valence-corrected chi connectivity index (χ0v) is 10.5. The smallest absolute Gasteiger partial charge is 0.338 e. The minimum atomic E-state index is -0.364. The van der Waals surface area contributed by atoms with Crippen molar-refractivity contribution in [2.24, 2.45) is 5.41 Å². The van der Waals surface area contributed by atoms with Crippen LogP contribution in [0.2, 0.25) is 0 Å². The molecular formula is C13H18N2O3. The molecule has 0 aromatic carbocycles. The van der Waals surface area contributed by atoms with Crippen LogP contribution in [0, 0.1) is 5.41 Å². The van der Waals surface area contributed by atoms with Crippen LogP contribution in [0.4, 0.5) is 5.82 Å². The van der Waals surface area contributed by atoms with E-state index in [4.69, 9.17) is 5.11 Å². The molecule has 1 heterocycles. The fraction of sp³-hybridized carbons (Fsp3) is 0.538. The summed E-state index contributed by atoms with van der Waals surface area (Å²) in [7, 11) is 1.36. The van der Waals surface area contributed by atoms with E-state index in [0.717, 1.165) is 25.8 Å². The molecule has 0 spiro atoms. The number of carbonyl (C=O) groups excluding carboxylic acids is 1. The lowest BCUT2D eigenvalue weighted by Gasteiger charge is -2.15. The quantitative estimate of drug-likeness (QED) is 0.748.